The molecule has 0 amide bonds. The summed E-state index contributed by atoms with van der Waals surface area (Å²) in [5, 5.41) is 12.4. The van der Waals surface area contributed by atoms with Crippen LogP contribution in [0.1, 0.15) is 41.5 Å². The lowest BCUT2D eigenvalue weighted by Gasteiger charge is -2.39. The molecular weight excluding hydrogens is 178 g/mol. The number of nitrogens with one attached hydrogen (secondary N) is 1. The highest BCUT2D eigenvalue weighted by atomic mass is 16.4. The first-order chi connectivity index (χ1) is 6.11. The first-order valence-electron chi connectivity index (χ1n) is 5.09. The van der Waals surface area contributed by atoms with E-state index < -0.39 is 16.9 Å². The van der Waals surface area contributed by atoms with Crippen molar-refractivity contribution in [2.24, 2.45) is 11.3 Å². The first kappa shape index (κ1) is 13.4. The summed E-state index contributed by atoms with van der Waals surface area (Å²) in [7, 11) is 0. The molecule has 2 N–H and O–H groups in total. The second kappa shape index (κ2) is 4.30. The number of carbonyl (C=O) groups is 1. The molecule has 0 radical (unpaired) electrons. The van der Waals surface area contributed by atoms with E-state index in [1.54, 1.807) is 13.8 Å². The number of carboxylic acids is 1. The normalized spacial score (nSPS) is 13.4. The molecule has 3 heteroatoms. The van der Waals surface area contributed by atoms with Crippen LogP contribution in [0.3, 0.4) is 0 Å². The predicted molar refractivity (Wildman–Crippen MR) is 58.3 cm³/mol. The second-order valence-electron chi connectivity index (χ2n) is 5.33. The lowest BCUT2D eigenvalue weighted by molar-refractivity contribution is -0.151. The van der Waals surface area contributed by atoms with Crippen LogP contribution >= 0.6 is 0 Å². The van der Waals surface area contributed by atoms with Crippen LogP contribution < -0.4 is 5.32 Å². The number of hydrogen-bond donors (Lipinski definition) is 2. The van der Waals surface area contributed by atoms with E-state index in [9.17, 15) is 4.79 Å². The Kier molecular flexibility index (Phi) is 4.13. The molecule has 0 aliphatic heterocycles. The van der Waals surface area contributed by atoms with Crippen LogP contribution in [0.25, 0.3) is 0 Å². The molecule has 0 spiro atoms. The van der Waals surface area contributed by atoms with E-state index in [-0.39, 0.29) is 0 Å². The Morgan fingerprint density at radius 1 is 1.29 bits per heavy atom. The fourth-order valence-electron chi connectivity index (χ4n) is 0.948. The predicted octanol–water partition coefficient (Wildman–Crippen LogP) is 2.12. The third-order valence-electron chi connectivity index (χ3n) is 3.05. The minimum absolute atomic E-state index is 0.400. The third-order valence-corrected chi connectivity index (χ3v) is 3.05. The Morgan fingerprint density at radius 2 is 1.71 bits per heavy atom. The van der Waals surface area contributed by atoms with Gasteiger partial charge in [0.1, 0.15) is 0 Å². The van der Waals surface area contributed by atoms with Crippen LogP contribution in [0.2, 0.25) is 0 Å². The summed E-state index contributed by atoms with van der Waals surface area (Å²) in [5.41, 5.74) is -1.16. The van der Waals surface area contributed by atoms with Crippen LogP contribution in [0.4, 0.5) is 0 Å². The summed E-state index contributed by atoms with van der Waals surface area (Å²) in [5.74, 6) is -0.238. The smallest absolute Gasteiger partial charge is 0.310 e. The van der Waals surface area contributed by atoms with Crippen molar-refractivity contribution < 1.29 is 9.90 Å². The van der Waals surface area contributed by atoms with Gasteiger partial charge < -0.3 is 10.4 Å². The van der Waals surface area contributed by atoms with E-state index in [1.165, 1.54) is 0 Å². The molecule has 0 aromatic carbocycles. The maximum Gasteiger partial charge on any atom is 0.310 e. The summed E-state index contributed by atoms with van der Waals surface area (Å²) in [6, 6.07) is 0. The van der Waals surface area contributed by atoms with Gasteiger partial charge in [-0.3, -0.25) is 4.79 Å². The topological polar surface area (TPSA) is 49.3 Å². The van der Waals surface area contributed by atoms with Crippen molar-refractivity contribution in [2.45, 2.75) is 47.1 Å². The van der Waals surface area contributed by atoms with Crippen molar-refractivity contribution in [1.29, 1.82) is 0 Å². The molecule has 0 heterocycles. The molecule has 0 fully saturated rings. The molecule has 84 valence electrons. The summed E-state index contributed by atoms with van der Waals surface area (Å²) >= 11 is 0. The van der Waals surface area contributed by atoms with E-state index in [1.807, 2.05) is 13.8 Å². The van der Waals surface area contributed by atoms with Crippen molar-refractivity contribution in [3.8, 4) is 0 Å². The minimum atomic E-state index is -0.765. The monoisotopic (exact) mass is 201 g/mol. The van der Waals surface area contributed by atoms with Gasteiger partial charge in [0.25, 0.3) is 0 Å². The average Bonchev–Trinajstić information content (AvgIpc) is 2.00. The fraction of sp³-hybridized carbons (Fsp3) is 0.909. The number of rotatable bonds is 5. The van der Waals surface area contributed by atoms with Gasteiger partial charge in [0.15, 0.2) is 0 Å². The van der Waals surface area contributed by atoms with Crippen molar-refractivity contribution in [3.05, 3.63) is 0 Å². The standard InChI is InChI=1S/C11H23NO2/c1-8(2)7-12-11(5,6)10(3,4)9(13)14/h8,12H,7H2,1-6H3,(H,13,14). The SMILES string of the molecule is CC(C)CNC(C)(C)C(C)(C)C(=O)O. The third kappa shape index (κ3) is 2.98. The van der Waals surface area contributed by atoms with Crippen LogP contribution in [0.5, 0.6) is 0 Å². The molecule has 3 nitrogen and oxygen atoms in total. The number of aliphatic carboxylic acids is 1. The molecule has 14 heavy (non-hydrogen) atoms. The molecule has 0 saturated heterocycles. The Bertz CT molecular complexity index is 207. The molecule has 0 aliphatic rings. The van der Waals surface area contributed by atoms with Crippen molar-refractivity contribution in [2.75, 3.05) is 6.54 Å². The van der Waals surface area contributed by atoms with Crippen LogP contribution in [-0.4, -0.2) is 23.2 Å². The molecule has 0 aromatic heterocycles. The fourth-order valence-corrected chi connectivity index (χ4v) is 0.948. The summed E-state index contributed by atoms with van der Waals surface area (Å²) < 4.78 is 0. The van der Waals surface area contributed by atoms with Crippen LogP contribution in [0, 0.1) is 11.3 Å². The lowest BCUT2D eigenvalue weighted by atomic mass is 9.74. The molecule has 0 aliphatic carbocycles. The van der Waals surface area contributed by atoms with E-state index >= 15 is 0 Å². The zero-order valence-electron chi connectivity index (χ0n) is 10.1. The largest absolute Gasteiger partial charge is 0.481 e. The Hall–Kier alpha value is -0.570. The highest BCUT2D eigenvalue weighted by Crippen LogP contribution is 2.30. The summed E-state index contributed by atoms with van der Waals surface area (Å²) in [6.07, 6.45) is 0. The summed E-state index contributed by atoms with van der Waals surface area (Å²) in [4.78, 5) is 11.1. The minimum Gasteiger partial charge on any atom is -0.481 e. The molecule has 0 bridgehead atoms. The van der Waals surface area contributed by atoms with Crippen molar-refractivity contribution >= 4 is 5.97 Å². The van der Waals surface area contributed by atoms with Crippen molar-refractivity contribution in [3.63, 3.8) is 0 Å². The zero-order chi connectivity index (χ0) is 11.6. The van der Waals surface area contributed by atoms with E-state index in [0.29, 0.717) is 5.92 Å². The van der Waals surface area contributed by atoms with Gasteiger partial charge >= 0.3 is 5.97 Å². The number of hydrogen-bond acceptors (Lipinski definition) is 2. The van der Waals surface area contributed by atoms with E-state index in [4.69, 9.17) is 5.11 Å². The van der Waals surface area contributed by atoms with Gasteiger partial charge in [-0.25, -0.2) is 0 Å². The van der Waals surface area contributed by atoms with E-state index in [2.05, 4.69) is 19.2 Å². The van der Waals surface area contributed by atoms with Gasteiger partial charge in [-0.15, -0.1) is 0 Å². The van der Waals surface area contributed by atoms with Gasteiger partial charge in [0.05, 0.1) is 5.41 Å². The van der Waals surface area contributed by atoms with Gasteiger partial charge in [-0.1, -0.05) is 13.8 Å². The highest BCUT2D eigenvalue weighted by Gasteiger charge is 2.42. The molecule has 0 saturated carbocycles. The van der Waals surface area contributed by atoms with Gasteiger partial charge in [0, 0.05) is 5.54 Å². The maximum atomic E-state index is 11.1. The number of carboxylic acid groups (broad SMARTS) is 1. The van der Waals surface area contributed by atoms with Gasteiger partial charge in [-0.2, -0.15) is 0 Å². The maximum absolute atomic E-state index is 11.1. The lowest BCUT2D eigenvalue weighted by Crippen LogP contribution is -2.55. The molecule has 0 unspecified atom stereocenters. The van der Waals surface area contributed by atoms with Crippen LogP contribution in [-0.2, 0) is 4.79 Å². The first-order valence-corrected chi connectivity index (χ1v) is 5.09. The molecule has 0 rings (SSSR count). The Balaban J connectivity index is 4.52. The summed E-state index contributed by atoms with van der Waals surface area (Å²) in [6.45, 7) is 12.4. The van der Waals surface area contributed by atoms with Crippen molar-refractivity contribution in [1.82, 2.24) is 5.32 Å². The second-order valence-corrected chi connectivity index (χ2v) is 5.33. The Labute approximate surface area is 86.9 Å². The molecule has 0 aromatic rings. The van der Waals surface area contributed by atoms with E-state index in [0.717, 1.165) is 6.54 Å². The average molecular weight is 201 g/mol. The Morgan fingerprint density at radius 3 is 2.00 bits per heavy atom. The van der Waals surface area contributed by atoms with Crippen LogP contribution in [0.15, 0.2) is 0 Å². The molecule has 0 atom stereocenters. The zero-order valence-corrected chi connectivity index (χ0v) is 10.1. The highest BCUT2D eigenvalue weighted by molar-refractivity contribution is 5.75. The van der Waals surface area contributed by atoms with Gasteiger partial charge in [-0.05, 0) is 40.2 Å². The quantitative estimate of drug-likeness (QED) is 0.716. The van der Waals surface area contributed by atoms with Gasteiger partial charge in [0.2, 0.25) is 0 Å². The molecular formula is C11H23NO2.